The maximum Gasteiger partial charge on any atom is 0.228 e. The highest BCUT2D eigenvalue weighted by molar-refractivity contribution is 6.01. The highest BCUT2D eigenvalue weighted by atomic mass is 19.1. The number of hydrogen-bond acceptors (Lipinski definition) is 2. The molecule has 1 aliphatic heterocycles. The highest BCUT2D eigenvalue weighted by Gasteiger charge is 2.31. The van der Waals surface area contributed by atoms with Gasteiger partial charge in [-0.3, -0.25) is 9.59 Å². The van der Waals surface area contributed by atoms with Crippen molar-refractivity contribution in [3.8, 4) is 0 Å². The van der Waals surface area contributed by atoms with Crippen molar-refractivity contribution in [1.82, 2.24) is 5.32 Å². The fraction of sp³-hybridized carbons (Fsp3) is 0.222. The molecule has 2 N–H and O–H groups in total. The van der Waals surface area contributed by atoms with Crippen LogP contribution in [0.3, 0.4) is 0 Å². The molecule has 23 heavy (non-hydrogen) atoms. The van der Waals surface area contributed by atoms with Crippen LogP contribution in [0.4, 0.5) is 10.1 Å². The van der Waals surface area contributed by atoms with E-state index in [4.69, 9.17) is 0 Å². The molecule has 5 heteroatoms. The molecule has 3 rings (SSSR count). The lowest BCUT2D eigenvalue weighted by Crippen LogP contribution is -2.36. The molecule has 0 radical (unpaired) electrons. The zero-order valence-corrected chi connectivity index (χ0v) is 12.7. The van der Waals surface area contributed by atoms with Gasteiger partial charge in [0, 0.05) is 12.1 Å². The SMILES string of the molecule is C[C@@H](NC(=O)[C@@H]1CC(=O)Nc2cc(F)ccc21)c1ccccc1. The van der Waals surface area contributed by atoms with Gasteiger partial charge in [-0.1, -0.05) is 36.4 Å². The molecule has 2 atom stereocenters. The Balaban J connectivity index is 1.81. The molecule has 1 aliphatic rings. The van der Waals surface area contributed by atoms with E-state index < -0.39 is 11.7 Å². The molecule has 0 fully saturated rings. The van der Waals surface area contributed by atoms with Crippen LogP contribution in [0.25, 0.3) is 0 Å². The average Bonchev–Trinajstić information content (AvgIpc) is 2.54. The summed E-state index contributed by atoms with van der Waals surface area (Å²) in [5.74, 6) is -1.56. The molecule has 2 aromatic carbocycles. The Bertz CT molecular complexity index is 746. The summed E-state index contributed by atoms with van der Waals surface area (Å²) in [5.41, 5.74) is 2.00. The largest absolute Gasteiger partial charge is 0.349 e. The molecule has 0 saturated carbocycles. The van der Waals surface area contributed by atoms with Crippen LogP contribution in [0, 0.1) is 5.82 Å². The lowest BCUT2D eigenvalue weighted by Gasteiger charge is -2.26. The van der Waals surface area contributed by atoms with Crippen LogP contribution in [-0.4, -0.2) is 11.8 Å². The van der Waals surface area contributed by atoms with Crippen LogP contribution in [0.2, 0.25) is 0 Å². The van der Waals surface area contributed by atoms with Gasteiger partial charge in [0.2, 0.25) is 11.8 Å². The molecule has 0 spiro atoms. The Labute approximate surface area is 133 Å². The number of nitrogens with one attached hydrogen (secondary N) is 2. The number of carbonyl (C=O) groups is 2. The van der Waals surface area contributed by atoms with Crippen molar-refractivity contribution in [2.24, 2.45) is 0 Å². The van der Waals surface area contributed by atoms with Gasteiger partial charge in [-0.05, 0) is 30.2 Å². The number of carbonyl (C=O) groups excluding carboxylic acids is 2. The van der Waals surface area contributed by atoms with E-state index in [1.165, 1.54) is 12.1 Å². The van der Waals surface area contributed by atoms with Gasteiger partial charge in [0.05, 0.1) is 12.0 Å². The third kappa shape index (κ3) is 3.23. The molecule has 1 heterocycles. The van der Waals surface area contributed by atoms with Gasteiger partial charge in [-0.25, -0.2) is 4.39 Å². The van der Waals surface area contributed by atoms with Crippen molar-refractivity contribution in [3.05, 3.63) is 65.5 Å². The van der Waals surface area contributed by atoms with Crippen molar-refractivity contribution in [3.63, 3.8) is 0 Å². The van der Waals surface area contributed by atoms with Crippen molar-refractivity contribution < 1.29 is 14.0 Å². The molecule has 2 aromatic rings. The maximum absolute atomic E-state index is 13.3. The Morgan fingerprint density at radius 2 is 2.00 bits per heavy atom. The average molecular weight is 312 g/mol. The van der Waals surface area contributed by atoms with E-state index in [1.807, 2.05) is 37.3 Å². The fourth-order valence-electron chi connectivity index (χ4n) is 2.81. The lowest BCUT2D eigenvalue weighted by molar-refractivity contribution is -0.126. The second-order valence-electron chi connectivity index (χ2n) is 5.68. The fourth-order valence-corrected chi connectivity index (χ4v) is 2.81. The van der Waals surface area contributed by atoms with Gasteiger partial charge in [0.1, 0.15) is 5.82 Å². The van der Waals surface area contributed by atoms with E-state index in [2.05, 4.69) is 10.6 Å². The third-order valence-corrected chi connectivity index (χ3v) is 4.03. The van der Waals surface area contributed by atoms with Crippen molar-refractivity contribution >= 4 is 17.5 Å². The monoisotopic (exact) mass is 312 g/mol. The number of fused-ring (bicyclic) bond motifs is 1. The normalized spacial score (nSPS) is 17.8. The molecule has 0 aliphatic carbocycles. The molecule has 4 nitrogen and oxygen atoms in total. The summed E-state index contributed by atoms with van der Waals surface area (Å²) < 4.78 is 13.3. The second kappa shape index (κ2) is 6.20. The highest BCUT2D eigenvalue weighted by Crippen LogP contribution is 2.33. The summed E-state index contributed by atoms with van der Waals surface area (Å²) in [6.07, 6.45) is 0.0615. The zero-order valence-electron chi connectivity index (χ0n) is 12.7. The number of amides is 2. The molecule has 2 amide bonds. The predicted octanol–water partition coefficient (Wildman–Crippen LogP) is 3.13. The van der Waals surface area contributed by atoms with Gasteiger partial charge < -0.3 is 10.6 Å². The number of halogens is 1. The summed E-state index contributed by atoms with van der Waals surface area (Å²) in [5, 5.41) is 5.54. The molecular formula is C18H17FN2O2. The lowest BCUT2D eigenvalue weighted by atomic mass is 9.89. The number of benzene rings is 2. The van der Waals surface area contributed by atoms with Gasteiger partial charge in [-0.2, -0.15) is 0 Å². The Kier molecular flexibility index (Phi) is 4.10. The topological polar surface area (TPSA) is 58.2 Å². The summed E-state index contributed by atoms with van der Waals surface area (Å²) in [7, 11) is 0. The van der Waals surface area contributed by atoms with Crippen LogP contribution in [0.15, 0.2) is 48.5 Å². The van der Waals surface area contributed by atoms with Crippen molar-refractivity contribution in [2.45, 2.75) is 25.3 Å². The third-order valence-electron chi connectivity index (χ3n) is 4.03. The van der Waals surface area contributed by atoms with E-state index in [9.17, 15) is 14.0 Å². The van der Waals surface area contributed by atoms with E-state index in [0.29, 0.717) is 11.3 Å². The van der Waals surface area contributed by atoms with Gasteiger partial charge in [0.25, 0.3) is 0 Å². The summed E-state index contributed by atoms with van der Waals surface area (Å²) in [6.45, 7) is 1.89. The van der Waals surface area contributed by atoms with Crippen LogP contribution >= 0.6 is 0 Å². The van der Waals surface area contributed by atoms with E-state index >= 15 is 0 Å². The van der Waals surface area contributed by atoms with Crippen LogP contribution in [0.1, 0.15) is 36.4 Å². The number of anilines is 1. The van der Waals surface area contributed by atoms with Gasteiger partial charge in [0.15, 0.2) is 0 Å². The second-order valence-corrected chi connectivity index (χ2v) is 5.68. The quantitative estimate of drug-likeness (QED) is 0.915. The molecule has 0 unspecified atom stereocenters. The summed E-state index contributed by atoms with van der Waals surface area (Å²) in [6, 6.07) is 13.5. The minimum Gasteiger partial charge on any atom is -0.349 e. The molecule has 0 saturated heterocycles. The first-order chi connectivity index (χ1) is 11.0. The smallest absolute Gasteiger partial charge is 0.228 e. The first kappa shape index (κ1) is 15.2. The molecule has 118 valence electrons. The van der Waals surface area contributed by atoms with E-state index in [1.54, 1.807) is 6.07 Å². The van der Waals surface area contributed by atoms with Crippen LogP contribution in [0.5, 0.6) is 0 Å². The first-order valence-corrected chi connectivity index (χ1v) is 7.49. The van der Waals surface area contributed by atoms with E-state index in [0.717, 1.165) is 5.56 Å². The molecule has 0 aromatic heterocycles. The maximum atomic E-state index is 13.3. The standard InChI is InChI=1S/C18H17FN2O2/c1-11(12-5-3-2-4-6-12)20-18(23)15-10-17(22)21-16-9-13(19)7-8-14(15)16/h2-9,11,15H,10H2,1H3,(H,20,23)(H,21,22)/t11-,15-/m1/s1. The van der Waals surface area contributed by atoms with Gasteiger partial charge in [-0.15, -0.1) is 0 Å². The van der Waals surface area contributed by atoms with Crippen LogP contribution < -0.4 is 10.6 Å². The Hall–Kier alpha value is -2.69. The Morgan fingerprint density at radius 1 is 1.26 bits per heavy atom. The van der Waals surface area contributed by atoms with E-state index in [-0.39, 0.29) is 24.3 Å². The van der Waals surface area contributed by atoms with Crippen molar-refractivity contribution in [2.75, 3.05) is 5.32 Å². The predicted molar refractivity (Wildman–Crippen MR) is 85.4 cm³/mol. The van der Waals surface area contributed by atoms with Crippen molar-refractivity contribution in [1.29, 1.82) is 0 Å². The number of hydrogen-bond donors (Lipinski definition) is 2. The minimum absolute atomic E-state index is 0.0615. The summed E-state index contributed by atoms with van der Waals surface area (Å²) in [4.78, 5) is 24.4. The minimum atomic E-state index is -0.606. The van der Waals surface area contributed by atoms with Gasteiger partial charge >= 0.3 is 0 Å². The summed E-state index contributed by atoms with van der Waals surface area (Å²) >= 11 is 0. The zero-order chi connectivity index (χ0) is 16.4. The first-order valence-electron chi connectivity index (χ1n) is 7.49. The van der Waals surface area contributed by atoms with Crippen LogP contribution in [-0.2, 0) is 9.59 Å². The number of rotatable bonds is 3. The molecule has 0 bridgehead atoms. The Morgan fingerprint density at radius 3 is 2.74 bits per heavy atom. The molecular weight excluding hydrogens is 295 g/mol.